The molecule has 0 aliphatic carbocycles. The fourth-order valence-corrected chi connectivity index (χ4v) is 3.71. The minimum Gasteiger partial charge on any atom is -0.480 e. The number of aromatic amines is 1. The van der Waals surface area contributed by atoms with Crippen LogP contribution < -0.4 is 10.6 Å². The summed E-state index contributed by atoms with van der Waals surface area (Å²) >= 11 is 0. The van der Waals surface area contributed by atoms with Crippen LogP contribution in [0.3, 0.4) is 0 Å². The van der Waals surface area contributed by atoms with E-state index in [4.69, 9.17) is 0 Å². The summed E-state index contributed by atoms with van der Waals surface area (Å²) in [6.45, 7) is 0.108. The Bertz CT molecular complexity index is 1290. The van der Waals surface area contributed by atoms with Crippen LogP contribution in [-0.2, 0) is 16.0 Å². The van der Waals surface area contributed by atoms with Gasteiger partial charge in [0.05, 0.1) is 0 Å². The maximum atomic E-state index is 12.4. The summed E-state index contributed by atoms with van der Waals surface area (Å²) in [5.41, 5.74) is 2.24. The molecule has 0 fully saturated rings. The molecule has 1 heterocycles. The Kier molecular flexibility index (Phi) is 6.17. The first-order chi connectivity index (χ1) is 15.5. The number of carbonyl (C=O) groups excluding carboxylic acids is 2. The maximum Gasteiger partial charge on any atom is 0.326 e. The van der Waals surface area contributed by atoms with Crippen LogP contribution in [0.4, 0.5) is 0 Å². The van der Waals surface area contributed by atoms with Crippen molar-refractivity contribution in [1.29, 1.82) is 0 Å². The van der Waals surface area contributed by atoms with Crippen molar-refractivity contribution in [3.05, 3.63) is 84.1 Å². The fourth-order valence-electron chi connectivity index (χ4n) is 3.71. The van der Waals surface area contributed by atoms with E-state index in [9.17, 15) is 19.5 Å². The third-order valence-electron chi connectivity index (χ3n) is 5.38. The molecular formula is C25H23N3O4. The van der Waals surface area contributed by atoms with Crippen molar-refractivity contribution in [2.24, 2.45) is 0 Å². The van der Waals surface area contributed by atoms with Crippen LogP contribution in [0.5, 0.6) is 0 Å². The number of para-hydroxylation sites is 1. The van der Waals surface area contributed by atoms with Gasteiger partial charge in [0.1, 0.15) is 6.04 Å². The molecule has 1 atom stereocenters. The van der Waals surface area contributed by atoms with E-state index in [0.717, 1.165) is 27.2 Å². The molecule has 4 rings (SSSR count). The highest BCUT2D eigenvalue weighted by molar-refractivity contribution is 5.98. The van der Waals surface area contributed by atoms with E-state index in [1.807, 2.05) is 54.6 Å². The van der Waals surface area contributed by atoms with Gasteiger partial charge in [-0.1, -0.05) is 48.5 Å². The lowest BCUT2D eigenvalue weighted by atomic mass is 10.0. The van der Waals surface area contributed by atoms with Gasteiger partial charge in [0, 0.05) is 42.0 Å². The monoisotopic (exact) mass is 429 g/mol. The smallest absolute Gasteiger partial charge is 0.326 e. The van der Waals surface area contributed by atoms with E-state index in [-0.39, 0.29) is 25.3 Å². The third-order valence-corrected chi connectivity index (χ3v) is 5.38. The van der Waals surface area contributed by atoms with Gasteiger partial charge in [-0.25, -0.2) is 4.79 Å². The summed E-state index contributed by atoms with van der Waals surface area (Å²) in [6, 6.07) is 19.7. The van der Waals surface area contributed by atoms with E-state index >= 15 is 0 Å². The van der Waals surface area contributed by atoms with Crippen molar-refractivity contribution < 1.29 is 19.5 Å². The van der Waals surface area contributed by atoms with Crippen molar-refractivity contribution in [3.8, 4) is 0 Å². The van der Waals surface area contributed by atoms with Gasteiger partial charge in [0.15, 0.2) is 0 Å². The number of nitrogens with one attached hydrogen (secondary N) is 3. The highest BCUT2D eigenvalue weighted by Gasteiger charge is 2.21. The lowest BCUT2D eigenvalue weighted by Gasteiger charge is -2.14. The molecule has 3 aromatic carbocycles. The number of aliphatic carboxylic acids is 1. The van der Waals surface area contributed by atoms with Gasteiger partial charge in [0.25, 0.3) is 5.91 Å². The van der Waals surface area contributed by atoms with E-state index in [1.54, 1.807) is 18.3 Å². The third kappa shape index (κ3) is 4.78. The van der Waals surface area contributed by atoms with Gasteiger partial charge in [-0.3, -0.25) is 9.59 Å². The lowest BCUT2D eigenvalue weighted by molar-refractivity contribution is -0.141. The molecule has 0 saturated carbocycles. The SMILES string of the molecule is O=C(CCNC(=O)c1ccc2ccccc2c1)NC(Cc1c[nH]c2ccccc12)C(=O)O. The molecule has 2 amide bonds. The standard InChI is InChI=1S/C25H23N3O4/c29-23(11-12-26-24(30)18-10-9-16-5-1-2-6-17(16)13-18)28-22(25(31)32)14-19-15-27-21-8-4-3-7-20(19)21/h1-10,13,15,22,27H,11-12,14H2,(H,26,30)(H,28,29)(H,31,32). The van der Waals surface area contributed by atoms with Gasteiger partial charge >= 0.3 is 5.97 Å². The summed E-state index contributed by atoms with van der Waals surface area (Å²) < 4.78 is 0. The van der Waals surface area contributed by atoms with E-state index in [0.29, 0.717) is 5.56 Å². The number of carboxylic acid groups (broad SMARTS) is 1. The predicted octanol–water partition coefficient (Wildman–Crippen LogP) is 3.25. The summed E-state index contributed by atoms with van der Waals surface area (Å²) in [4.78, 5) is 39.5. The summed E-state index contributed by atoms with van der Waals surface area (Å²) in [7, 11) is 0. The van der Waals surface area contributed by atoms with E-state index in [1.165, 1.54) is 0 Å². The number of hydrogen-bond donors (Lipinski definition) is 4. The molecule has 7 heteroatoms. The molecule has 1 aromatic heterocycles. The molecule has 4 N–H and O–H groups in total. The number of benzene rings is 3. The van der Waals surface area contributed by atoms with Crippen LogP contribution >= 0.6 is 0 Å². The minimum atomic E-state index is -1.11. The van der Waals surface area contributed by atoms with Crippen LogP contribution in [0.25, 0.3) is 21.7 Å². The molecule has 0 aliphatic rings. The molecule has 0 saturated heterocycles. The van der Waals surface area contributed by atoms with Gasteiger partial charge in [-0.2, -0.15) is 0 Å². The van der Waals surface area contributed by atoms with E-state index in [2.05, 4.69) is 15.6 Å². The number of carboxylic acids is 1. The molecule has 32 heavy (non-hydrogen) atoms. The summed E-state index contributed by atoms with van der Waals surface area (Å²) in [5, 5.41) is 17.7. The average molecular weight is 429 g/mol. The number of fused-ring (bicyclic) bond motifs is 2. The number of aromatic nitrogens is 1. The first-order valence-electron chi connectivity index (χ1n) is 10.4. The maximum absolute atomic E-state index is 12.4. The van der Waals surface area contributed by atoms with E-state index < -0.39 is 17.9 Å². The molecule has 7 nitrogen and oxygen atoms in total. The Balaban J connectivity index is 1.31. The second kappa shape index (κ2) is 9.34. The van der Waals surface area contributed by atoms with Crippen LogP contribution in [-0.4, -0.2) is 40.5 Å². The number of H-pyrrole nitrogens is 1. The van der Waals surface area contributed by atoms with Crippen molar-refractivity contribution >= 4 is 39.5 Å². The van der Waals surface area contributed by atoms with Crippen LogP contribution in [0.15, 0.2) is 72.9 Å². The summed E-state index contributed by atoms with van der Waals surface area (Å²) in [6.07, 6.45) is 1.90. The molecule has 1 unspecified atom stereocenters. The predicted molar refractivity (Wildman–Crippen MR) is 122 cm³/mol. The van der Waals surface area contributed by atoms with Crippen molar-refractivity contribution in [2.75, 3.05) is 6.54 Å². The van der Waals surface area contributed by atoms with Gasteiger partial charge in [-0.05, 0) is 34.5 Å². The molecule has 0 spiro atoms. The Morgan fingerprint density at radius 3 is 2.50 bits per heavy atom. The highest BCUT2D eigenvalue weighted by Crippen LogP contribution is 2.19. The van der Waals surface area contributed by atoms with Crippen LogP contribution in [0, 0.1) is 0 Å². The van der Waals surface area contributed by atoms with Crippen molar-refractivity contribution in [2.45, 2.75) is 18.9 Å². The second-order valence-electron chi connectivity index (χ2n) is 7.59. The zero-order valence-electron chi connectivity index (χ0n) is 17.3. The minimum absolute atomic E-state index is 0.0169. The highest BCUT2D eigenvalue weighted by atomic mass is 16.4. The Labute approximate surface area is 184 Å². The zero-order chi connectivity index (χ0) is 22.5. The Hall–Kier alpha value is -4.13. The Morgan fingerprint density at radius 2 is 1.69 bits per heavy atom. The number of carbonyl (C=O) groups is 3. The quantitative estimate of drug-likeness (QED) is 0.344. The first kappa shape index (κ1) is 21.1. The molecule has 0 bridgehead atoms. The topological polar surface area (TPSA) is 111 Å². The summed E-state index contributed by atoms with van der Waals surface area (Å²) in [5.74, 6) is -1.82. The fraction of sp³-hybridized carbons (Fsp3) is 0.160. The first-order valence-corrected chi connectivity index (χ1v) is 10.4. The Morgan fingerprint density at radius 1 is 0.938 bits per heavy atom. The largest absolute Gasteiger partial charge is 0.480 e. The van der Waals surface area contributed by atoms with Crippen molar-refractivity contribution in [3.63, 3.8) is 0 Å². The molecule has 0 radical (unpaired) electrons. The number of rotatable bonds is 8. The van der Waals surface area contributed by atoms with Crippen LogP contribution in [0.2, 0.25) is 0 Å². The van der Waals surface area contributed by atoms with Gasteiger partial charge in [-0.15, -0.1) is 0 Å². The molecule has 0 aliphatic heterocycles. The normalized spacial score (nSPS) is 11.9. The van der Waals surface area contributed by atoms with Gasteiger partial charge in [0.2, 0.25) is 5.91 Å². The average Bonchev–Trinajstić information content (AvgIpc) is 3.21. The molecule has 162 valence electrons. The molecule has 4 aromatic rings. The molecular weight excluding hydrogens is 406 g/mol. The van der Waals surface area contributed by atoms with Gasteiger partial charge < -0.3 is 20.7 Å². The zero-order valence-corrected chi connectivity index (χ0v) is 17.3. The lowest BCUT2D eigenvalue weighted by Crippen LogP contribution is -2.43. The second-order valence-corrected chi connectivity index (χ2v) is 7.59. The van der Waals surface area contributed by atoms with Crippen molar-refractivity contribution in [1.82, 2.24) is 15.6 Å². The number of hydrogen-bond acceptors (Lipinski definition) is 3. The number of amides is 2. The van der Waals surface area contributed by atoms with Crippen LogP contribution in [0.1, 0.15) is 22.3 Å².